The molecule has 1 unspecified atom stereocenters. The summed E-state index contributed by atoms with van der Waals surface area (Å²) in [6.07, 6.45) is 1.69. The first kappa shape index (κ1) is 19.8. The average Bonchev–Trinajstić information content (AvgIpc) is 3.38. The van der Waals surface area contributed by atoms with Gasteiger partial charge in [0.2, 0.25) is 0 Å². The van der Waals surface area contributed by atoms with E-state index in [1.165, 1.54) is 15.6 Å². The fourth-order valence-corrected chi connectivity index (χ4v) is 7.31. The SMILES string of the molecule is COc1ccc(-c2nnc(C3CCCN(S(=O)(=O)c4ccc(Cl)s4)C3)s2)cc1. The van der Waals surface area contributed by atoms with Crippen molar-refractivity contribution < 1.29 is 13.2 Å². The van der Waals surface area contributed by atoms with E-state index in [1.54, 1.807) is 19.2 Å². The Hall–Kier alpha value is -1.52. The Morgan fingerprint density at radius 3 is 2.61 bits per heavy atom. The zero-order chi connectivity index (χ0) is 19.7. The molecule has 1 aromatic carbocycles. The maximum Gasteiger partial charge on any atom is 0.252 e. The van der Waals surface area contributed by atoms with Gasteiger partial charge in [0, 0.05) is 24.6 Å². The van der Waals surface area contributed by atoms with Gasteiger partial charge in [0.25, 0.3) is 10.0 Å². The molecule has 148 valence electrons. The zero-order valence-corrected chi connectivity index (χ0v) is 18.2. The number of ether oxygens (including phenoxy) is 1. The van der Waals surface area contributed by atoms with E-state index in [0.29, 0.717) is 17.4 Å². The molecule has 0 bridgehead atoms. The number of benzene rings is 1. The van der Waals surface area contributed by atoms with Gasteiger partial charge in [-0.25, -0.2) is 8.42 Å². The number of halogens is 1. The number of thiophene rings is 1. The van der Waals surface area contributed by atoms with Gasteiger partial charge >= 0.3 is 0 Å². The van der Waals surface area contributed by atoms with Gasteiger partial charge < -0.3 is 4.74 Å². The van der Waals surface area contributed by atoms with Crippen molar-refractivity contribution in [2.75, 3.05) is 20.2 Å². The minimum absolute atomic E-state index is 0.0449. The van der Waals surface area contributed by atoms with Crippen molar-refractivity contribution in [1.82, 2.24) is 14.5 Å². The lowest BCUT2D eigenvalue weighted by molar-refractivity contribution is 0.315. The largest absolute Gasteiger partial charge is 0.497 e. The second-order valence-corrected chi connectivity index (χ2v) is 11.3. The minimum Gasteiger partial charge on any atom is -0.497 e. The molecule has 28 heavy (non-hydrogen) atoms. The average molecular weight is 456 g/mol. The molecule has 0 saturated carbocycles. The summed E-state index contributed by atoms with van der Waals surface area (Å²) >= 11 is 8.53. The summed E-state index contributed by atoms with van der Waals surface area (Å²) in [5, 5.41) is 10.4. The Balaban J connectivity index is 1.53. The smallest absolute Gasteiger partial charge is 0.252 e. The van der Waals surface area contributed by atoms with Crippen molar-refractivity contribution in [3.63, 3.8) is 0 Å². The summed E-state index contributed by atoms with van der Waals surface area (Å²) in [6.45, 7) is 0.924. The lowest BCUT2D eigenvalue weighted by Gasteiger charge is -2.30. The minimum atomic E-state index is -3.53. The van der Waals surface area contributed by atoms with Crippen molar-refractivity contribution >= 4 is 44.3 Å². The fraction of sp³-hybridized carbons (Fsp3) is 0.333. The molecule has 1 saturated heterocycles. The van der Waals surface area contributed by atoms with Crippen LogP contribution in [0, 0.1) is 0 Å². The second-order valence-electron chi connectivity index (χ2n) is 6.43. The van der Waals surface area contributed by atoms with Crippen LogP contribution in [0.1, 0.15) is 23.8 Å². The lowest BCUT2D eigenvalue weighted by Crippen LogP contribution is -2.38. The van der Waals surface area contributed by atoms with Crippen molar-refractivity contribution in [3.05, 3.63) is 45.7 Å². The third-order valence-corrected chi connectivity index (χ3v) is 9.35. The van der Waals surface area contributed by atoms with Crippen molar-refractivity contribution in [2.24, 2.45) is 0 Å². The Labute approximate surface area is 176 Å². The van der Waals surface area contributed by atoms with Crippen LogP contribution in [0.3, 0.4) is 0 Å². The van der Waals surface area contributed by atoms with Crippen LogP contribution in [0.15, 0.2) is 40.6 Å². The maximum absolute atomic E-state index is 12.9. The molecule has 0 radical (unpaired) electrons. The van der Waals surface area contributed by atoms with Crippen LogP contribution < -0.4 is 4.74 Å². The monoisotopic (exact) mass is 455 g/mol. The number of aromatic nitrogens is 2. The van der Waals surface area contributed by atoms with Gasteiger partial charge in [-0.3, -0.25) is 0 Å². The Bertz CT molecular complexity index is 1060. The standard InChI is InChI=1S/C18H18ClN3O3S3/c1-25-14-6-4-12(5-7-14)17-20-21-18(27-17)13-3-2-10-22(11-13)28(23,24)16-9-8-15(19)26-16/h4-9,13H,2-3,10-11H2,1H3. The number of rotatable bonds is 5. The van der Waals surface area contributed by atoms with Gasteiger partial charge in [-0.15, -0.1) is 21.5 Å². The maximum atomic E-state index is 12.9. The molecule has 2 aromatic heterocycles. The molecule has 1 aliphatic heterocycles. The van der Waals surface area contributed by atoms with Gasteiger partial charge in [-0.1, -0.05) is 22.9 Å². The van der Waals surface area contributed by atoms with Crippen molar-refractivity contribution in [2.45, 2.75) is 23.0 Å². The topological polar surface area (TPSA) is 72.4 Å². The number of nitrogens with zero attached hydrogens (tertiary/aromatic N) is 3. The van der Waals surface area contributed by atoms with E-state index in [1.807, 2.05) is 24.3 Å². The van der Waals surface area contributed by atoms with E-state index in [-0.39, 0.29) is 10.1 Å². The van der Waals surface area contributed by atoms with E-state index in [9.17, 15) is 8.42 Å². The lowest BCUT2D eigenvalue weighted by atomic mass is 10.0. The predicted octanol–water partition coefficient (Wildman–Crippen LogP) is 4.50. The number of piperidine rings is 1. The summed E-state index contributed by atoms with van der Waals surface area (Å²) in [7, 11) is -1.90. The van der Waals surface area contributed by atoms with E-state index in [4.69, 9.17) is 16.3 Å². The van der Waals surface area contributed by atoms with Gasteiger partial charge in [0.15, 0.2) is 0 Å². The molecule has 4 rings (SSSR count). The molecule has 0 aliphatic carbocycles. The quantitative estimate of drug-likeness (QED) is 0.566. The van der Waals surface area contributed by atoms with E-state index >= 15 is 0 Å². The number of hydrogen-bond donors (Lipinski definition) is 0. The Morgan fingerprint density at radius 1 is 1.14 bits per heavy atom. The third-order valence-electron chi connectivity index (χ3n) is 4.65. The fourth-order valence-electron chi connectivity index (χ4n) is 3.18. The first-order valence-corrected chi connectivity index (χ1v) is 12.2. The highest BCUT2D eigenvalue weighted by Crippen LogP contribution is 2.36. The molecule has 0 N–H and O–H groups in total. The molecule has 6 nitrogen and oxygen atoms in total. The summed E-state index contributed by atoms with van der Waals surface area (Å²) in [6, 6.07) is 10.8. The first-order chi connectivity index (χ1) is 13.5. The number of hydrogen-bond acceptors (Lipinski definition) is 7. The highest BCUT2D eigenvalue weighted by molar-refractivity contribution is 7.91. The summed E-state index contributed by atoms with van der Waals surface area (Å²) in [5.41, 5.74) is 0.970. The molecule has 1 fully saturated rings. The van der Waals surface area contributed by atoms with Gasteiger partial charge in [-0.2, -0.15) is 4.31 Å². The number of methoxy groups -OCH3 is 1. The molecule has 0 spiro atoms. The highest BCUT2D eigenvalue weighted by atomic mass is 35.5. The van der Waals surface area contributed by atoms with Gasteiger partial charge in [0.1, 0.15) is 20.0 Å². The van der Waals surface area contributed by atoms with Gasteiger partial charge in [-0.05, 0) is 49.2 Å². The summed E-state index contributed by atoms with van der Waals surface area (Å²) in [4.78, 5) is 0. The molecule has 0 amide bonds. The van der Waals surface area contributed by atoms with Crippen LogP contribution >= 0.6 is 34.3 Å². The van der Waals surface area contributed by atoms with Crippen LogP contribution in [0.2, 0.25) is 4.34 Å². The molecular formula is C18H18ClN3O3S3. The predicted molar refractivity (Wildman–Crippen MR) is 112 cm³/mol. The summed E-state index contributed by atoms with van der Waals surface area (Å²) in [5.74, 6) is 0.832. The van der Waals surface area contributed by atoms with E-state index in [2.05, 4.69) is 10.2 Å². The highest BCUT2D eigenvalue weighted by Gasteiger charge is 2.33. The molecule has 1 atom stereocenters. The van der Waals surface area contributed by atoms with Crippen molar-refractivity contribution in [1.29, 1.82) is 0 Å². The second kappa shape index (κ2) is 8.08. The normalized spacial score (nSPS) is 18.3. The first-order valence-electron chi connectivity index (χ1n) is 8.70. The molecule has 3 aromatic rings. The van der Waals surface area contributed by atoms with Crippen molar-refractivity contribution in [3.8, 4) is 16.3 Å². The van der Waals surface area contributed by atoms with Crippen LogP contribution in [-0.2, 0) is 10.0 Å². The van der Waals surface area contributed by atoms with E-state index < -0.39 is 10.0 Å². The molecule has 10 heteroatoms. The zero-order valence-electron chi connectivity index (χ0n) is 15.0. The van der Waals surface area contributed by atoms with E-state index in [0.717, 1.165) is 45.5 Å². The number of sulfonamides is 1. The van der Waals surface area contributed by atoms with Crippen LogP contribution in [-0.4, -0.2) is 43.1 Å². The van der Waals surface area contributed by atoms with Crippen LogP contribution in [0.4, 0.5) is 0 Å². The molecule has 1 aliphatic rings. The molecular weight excluding hydrogens is 438 g/mol. The van der Waals surface area contributed by atoms with Gasteiger partial charge in [0.05, 0.1) is 11.4 Å². The Morgan fingerprint density at radius 2 is 1.93 bits per heavy atom. The van der Waals surface area contributed by atoms with Crippen LogP contribution in [0.5, 0.6) is 5.75 Å². The Kier molecular flexibility index (Phi) is 5.71. The third kappa shape index (κ3) is 3.95. The summed E-state index contributed by atoms with van der Waals surface area (Å²) < 4.78 is 33.3. The van der Waals surface area contributed by atoms with Crippen LogP contribution in [0.25, 0.3) is 10.6 Å². The molecule has 3 heterocycles.